The van der Waals surface area contributed by atoms with E-state index in [1.165, 1.54) is 0 Å². The molecule has 26 heavy (non-hydrogen) atoms. The van der Waals surface area contributed by atoms with Crippen molar-refractivity contribution in [2.45, 2.75) is 45.8 Å². The Labute approximate surface area is 154 Å². The minimum Gasteiger partial charge on any atom is -0.444 e. The number of nitrogens with two attached hydrogens (primary N) is 1. The van der Waals surface area contributed by atoms with E-state index >= 15 is 0 Å². The molecule has 2 N–H and O–H groups in total. The average molecular weight is 357 g/mol. The second kappa shape index (κ2) is 7.35. The first kappa shape index (κ1) is 18.2. The molecule has 2 aromatic heterocycles. The number of piperidine rings is 1. The Kier molecular flexibility index (Phi) is 5.15. The Bertz CT molecular complexity index is 748. The van der Waals surface area contributed by atoms with Gasteiger partial charge in [-0.3, -0.25) is 4.68 Å². The van der Waals surface area contributed by atoms with Crippen molar-refractivity contribution in [2.24, 2.45) is 5.92 Å². The van der Waals surface area contributed by atoms with Crippen LogP contribution >= 0.6 is 0 Å². The molecule has 1 aliphatic rings. The van der Waals surface area contributed by atoms with Gasteiger partial charge >= 0.3 is 6.09 Å². The summed E-state index contributed by atoms with van der Waals surface area (Å²) in [5.41, 5.74) is 7.17. The van der Waals surface area contributed by atoms with E-state index in [-0.39, 0.29) is 6.09 Å². The molecule has 0 spiro atoms. The van der Waals surface area contributed by atoms with Crippen LogP contribution in [0.4, 0.5) is 10.6 Å². The Morgan fingerprint density at radius 3 is 2.81 bits per heavy atom. The molecule has 0 aromatic carbocycles. The molecule has 0 aliphatic carbocycles. The number of nitrogens with zero attached hydrogens (tertiary/aromatic N) is 4. The van der Waals surface area contributed by atoms with Crippen molar-refractivity contribution < 1.29 is 9.53 Å². The average Bonchev–Trinajstić information content (AvgIpc) is 3.02. The zero-order valence-electron chi connectivity index (χ0n) is 15.7. The summed E-state index contributed by atoms with van der Waals surface area (Å²) < 4.78 is 7.43. The maximum absolute atomic E-state index is 12.3. The van der Waals surface area contributed by atoms with Crippen LogP contribution in [0.3, 0.4) is 0 Å². The second-order valence-electron chi connectivity index (χ2n) is 7.86. The van der Waals surface area contributed by atoms with Gasteiger partial charge in [0.15, 0.2) is 0 Å². The summed E-state index contributed by atoms with van der Waals surface area (Å²) in [6, 6.07) is 3.72. The van der Waals surface area contributed by atoms with Crippen molar-refractivity contribution in [3.05, 3.63) is 30.7 Å². The van der Waals surface area contributed by atoms with Gasteiger partial charge in [-0.1, -0.05) is 0 Å². The lowest BCUT2D eigenvalue weighted by atomic mass is 9.98. The molecule has 1 fully saturated rings. The number of hydrogen-bond donors (Lipinski definition) is 1. The number of anilines is 1. The van der Waals surface area contributed by atoms with E-state index < -0.39 is 5.60 Å². The monoisotopic (exact) mass is 357 g/mol. The van der Waals surface area contributed by atoms with Gasteiger partial charge in [-0.2, -0.15) is 5.10 Å². The highest BCUT2D eigenvalue weighted by Crippen LogP contribution is 2.22. The molecule has 7 nitrogen and oxygen atoms in total. The summed E-state index contributed by atoms with van der Waals surface area (Å²) in [6.45, 7) is 7.92. The fourth-order valence-electron chi connectivity index (χ4n) is 3.16. The van der Waals surface area contributed by atoms with Crippen LogP contribution < -0.4 is 5.73 Å². The summed E-state index contributed by atoms with van der Waals surface area (Å²) >= 11 is 0. The van der Waals surface area contributed by atoms with E-state index in [4.69, 9.17) is 10.5 Å². The molecule has 7 heteroatoms. The molecule has 2 aromatic rings. The van der Waals surface area contributed by atoms with Gasteiger partial charge in [-0.25, -0.2) is 9.78 Å². The molecule has 0 radical (unpaired) electrons. The fraction of sp³-hybridized carbons (Fsp3) is 0.526. The van der Waals surface area contributed by atoms with E-state index in [1.807, 2.05) is 48.8 Å². The predicted octanol–water partition coefficient (Wildman–Crippen LogP) is 3.17. The first-order valence-corrected chi connectivity index (χ1v) is 9.02. The van der Waals surface area contributed by atoms with Crippen molar-refractivity contribution >= 4 is 11.9 Å². The first-order chi connectivity index (χ1) is 12.3. The molecule has 140 valence electrons. The molecular formula is C19H27N5O2. The molecule has 1 amide bonds. The van der Waals surface area contributed by atoms with Crippen LogP contribution in [0.2, 0.25) is 0 Å². The van der Waals surface area contributed by atoms with Gasteiger partial charge in [0.05, 0.1) is 6.20 Å². The normalized spacial score (nSPS) is 18.0. The zero-order chi connectivity index (χ0) is 18.7. The molecule has 1 aliphatic heterocycles. The molecule has 1 unspecified atom stereocenters. The summed E-state index contributed by atoms with van der Waals surface area (Å²) in [6.07, 6.45) is 7.44. The molecule has 3 rings (SSSR count). The van der Waals surface area contributed by atoms with Crippen molar-refractivity contribution in [1.29, 1.82) is 0 Å². The minimum absolute atomic E-state index is 0.226. The van der Waals surface area contributed by atoms with E-state index in [0.717, 1.165) is 37.1 Å². The Morgan fingerprint density at radius 2 is 2.12 bits per heavy atom. The largest absolute Gasteiger partial charge is 0.444 e. The number of carbonyl (C=O) groups excluding carboxylic acids is 1. The highest BCUT2D eigenvalue weighted by Gasteiger charge is 2.27. The van der Waals surface area contributed by atoms with Crippen molar-refractivity contribution in [1.82, 2.24) is 19.7 Å². The third-order valence-corrected chi connectivity index (χ3v) is 4.37. The molecular weight excluding hydrogens is 330 g/mol. The van der Waals surface area contributed by atoms with Gasteiger partial charge in [0, 0.05) is 43.2 Å². The van der Waals surface area contributed by atoms with Gasteiger partial charge in [0.1, 0.15) is 11.4 Å². The Hall–Kier alpha value is -2.57. The van der Waals surface area contributed by atoms with Gasteiger partial charge in [-0.05, 0) is 51.7 Å². The first-order valence-electron chi connectivity index (χ1n) is 9.02. The van der Waals surface area contributed by atoms with Crippen LogP contribution in [0.1, 0.15) is 33.6 Å². The number of ether oxygens (including phenoxy) is 1. The van der Waals surface area contributed by atoms with Gasteiger partial charge in [0.25, 0.3) is 0 Å². The quantitative estimate of drug-likeness (QED) is 0.912. The molecule has 3 heterocycles. The van der Waals surface area contributed by atoms with Gasteiger partial charge in [0.2, 0.25) is 0 Å². The van der Waals surface area contributed by atoms with Gasteiger partial charge < -0.3 is 15.4 Å². The minimum atomic E-state index is -0.464. The highest BCUT2D eigenvalue weighted by atomic mass is 16.6. The standard InChI is InChI=1S/C19H27N5O2/c1-19(2,3)26-18(25)23-8-4-5-14(11-23)12-24-13-16(10-22-24)15-6-7-17(20)21-9-15/h6-7,9-10,13-14H,4-5,8,11-12H2,1-3H3,(H2,20,21). The summed E-state index contributed by atoms with van der Waals surface area (Å²) in [7, 11) is 0. The van der Waals surface area contributed by atoms with Crippen LogP contribution in [0.15, 0.2) is 30.7 Å². The van der Waals surface area contributed by atoms with E-state index in [1.54, 1.807) is 12.3 Å². The summed E-state index contributed by atoms with van der Waals surface area (Å²) in [5.74, 6) is 0.874. The smallest absolute Gasteiger partial charge is 0.410 e. The third kappa shape index (κ3) is 4.74. The lowest BCUT2D eigenvalue weighted by molar-refractivity contribution is 0.0155. The van der Waals surface area contributed by atoms with Crippen LogP contribution in [-0.2, 0) is 11.3 Å². The van der Waals surface area contributed by atoms with Crippen LogP contribution in [0, 0.1) is 5.92 Å². The molecule has 0 saturated carbocycles. The topological polar surface area (TPSA) is 86.3 Å². The van der Waals surface area contributed by atoms with Crippen LogP contribution in [0.25, 0.3) is 11.1 Å². The number of pyridine rings is 1. The van der Waals surface area contributed by atoms with Crippen molar-refractivity contribution in [3.8, 4) is 11.1 Å². The number of rotatable bonds is 3. The lowest BCUT2D eigenvalue weighted by Crippen LogP contribution is -2.43. The van der Waals surface area contributed by atoms with E-state index in [9.17, 15) is 4.79 Å². The number of likely N-dealkylation sites (tertiary alicyclic amines) is 1. The van der Waals surface area contributed by atoms with Crippen molar-refractivity contribution in [2.75, 3.05) is 18.8 Å². The summed E-state index contributed by atoms with van der Waals surface area (Å²) in [5, 5.41) is 4.46. The third-order valence-electron chi connectivity index (χ3n) is 4.37. The number of nitrogen functional groups attached to an aromatic ring is 1. The predicted molar refractivity (Wildman–Crippen MR) is 100 cm³/mol. The Morgan fingerprint density at radius 1 is 1.31 bits per heavy atom. The maximum Gasteiger partial charge on any atom is 0.410 e. The van der Waals surface area contributed by atoms with E-state index in [2.05, 4.69) is 10.1 Å². The highest BCUT2D eigenvalue weighted by molar-refractivity contribution is 5.68. The SMILES string of the molecule is CC(C)(C)OC(=O)N1CCCC(Cn2cc(-c3ccc(N)nc3)cn2)C1. The van der Waals surface area contributed by atoms with Crippen LogP contribution in [-0.4, -0.2) is 44.4 Å². The summed E-state index contributed by atoms with van der Waals surface area (Å²) in [4.78, 5) is 18.2. The lowest BCUT2D eigenvalue weighted by Gasteiger charge is -2.34. The number of aromatic nitrogens is 3. The van der Waals surface area contributed by atoms with Crippen molar-refractivity contribution in [3.63, 3.8) is 0 Å². The Balaban J connectivity index is 1.60. The number of hydrogen-bond acceptors (Lipinski definition) is 5. The molecule has 0 bridgehead atoms. The second-order valence-corrected chi connectivity index (χ2v) is 7.86. The number of carbonyl (C=O) groups is 1. The number of amides is 1. The molecule has 1 saturated heterocycles. The van der Waals surface area contributed by atoms with E-state index in [0.29, 0.717) is 18.3 Å². The van der Waals surface area contributed by atoms with Gasteiger partial charge in [-0.15, -0.1) is 0 Å². The zero-order valence-corrected chi connectivity index (χ0v) is 15.7. The molecule has 1 atom stereocenters. The fourth-order valence-corrected chi connectivity index (χ4v) is 3.16. The van der Waals surface area contributed by atoms with Crippen LogP contribution in [0.5, 0.6) is 0 Å². The maximum atomic E-state index is 12.3.